The van der Waals surface area contributed by atoms with Crippen LogP contribution in [-0.4, -0.2) is 15.1 Å². The van der Waals surface area contributed by atoms with E-state index >= 15 is 0 Å². The highest BCUT2D eigenvalue weighted by Crippen LogP contribution is 2.23. The minimum absolute atomic E-state index is 0.163. The third kappa shape index (κ3) is 2.20. The first-order valence-electron chi connectivity index (χ1n) is 5.64. The van der Waals surface area contributed by atoms with Crippen LogP contribution in [0.5, 0.6) is 0 Å². The Morgan fingerprint density at radius 1 is 1.00 bits per heavy atom. The summed E-state index contributed by atoms with van der Waals surface area (Å²) < 4.78 is 31.1. The highest BCUT2D eigenvalue weighted by Gasteiger charge is 2.12. The van der Waals surface area contributed by atoms with Gasteiger partial charge in [0, 0.05) is 11.8 Å². The largest absolute Gasteiger partial charge is 0.384 e. The number of anilines is 1. The van der Waals surface area contributed by atoms with E-state index in [1.165, 1.54) is 12.3 Å². The topological polar surface area (TPSA) is 77.8 Å². The van der Waals surface area contributed by atoms with Gasteiger partial charge in [-0.25, -0.2) is 13.8 Å². The molecule has 20 heavy (non-hydrogen) atoms. The van der Waals surface area contributed by atoms with E-state index in [1.54, 1.807) is 12.1 Å². The fourth-order valence-electron chi connectivity index (χ4n) is 1.63. The van der Waals surface area contributed by atoms with Crippen molar-refractivity contribution in [3.8, 4) is 22.8 Å². The summed E-state index contributed by atoms with van der Waals surface area (Å²) in [5.74, 6) is -1.15. The minimum atomic E-state index is -0.969. The van der Waals surface area contributed by atoms with E-state index in [0.717, 1.165) is 12.1 Å². The molecule has 0 aliphatic carbocycles. The first-order valence-corrected chi connectivity index (χ1v) is 5.64. The molecule has 1 aromatic carbocycles. The number of halogens is 2. The van der Waals surface area contributed by atoms with Crippen LogP contribution in [-0.2, 0) is 0 Å². The van der Waals surface area contributed by atoms with Crippen LogP contribution in [0.15, 0.2) is 41.1 Å². The van der Waals surface area contributed by atoms with Crippen molar-refractivity contribution in [2.45, 2.75) is 0 Å². The molecule has 2 N–H and O–H groups in total. The number of rotatable bonds is 2. The van der Waals surface area contributed by atoms with Crippen LogP contribution >= 0.6 is 0 Å². The zero-order valence-electron chi connectivity index (χ0n) is 10.0. The summed E-state index contributed by atoms with van der Waals surface area (Å²) in [6.07, 6.45) is 1.48. The van der Waals surface area contributed by atoms with Crippen LogP contribution in [0.25, 0.3) is 22.8 Å². The maximum atomic E-state index is 13.2. The van der Waals surface area contributed by atoms with Gasteiger partial charge >= 0.3 is 0 Å². The molecule has 0 spiro atoms. The molecule has 0 saturated heterocycles. The van der Waals surface area contributed by atoms with Crippen molar-refractivity contribution in [2.75, 3.05) is 5.73 Å². The Labute approximate surface area is 112 Å². The van der Waals surface area contributed by atoms with Gasteiger partial charge in [-0.2, -0.15) is 4.98 Å². The van der Waals surface area contributed by atoms with E-state index in [0.29, 0.717) is 16.9 Å². The fourth-order valence-corrected chi connectivity index (χ4v) is 1.63. The van der Waals surface area contributed by atoms with Crippen molar-refractivity contribution < 1.29 is 13.3 Å². The molecule has 0 aliphatic rings. The lowest BCUT2D eigenvalue weighted by atomic mass is 10.2. The summed E-state index contributed by atoms with van der Waals surface area (Å²) in [7, 11) is 0. The second-order valence-electron chi connectivity index (χ2n) is 4.02. The molecule has 0 unspecified atom stereocenters. The van der Waals surface area contributed by atoms with Crippen molar-refractivity contribution in [3.05, 3.63) is 48.2 Å². The first-order chi connectivity index (χ1) is 9.63. The van der Waals surface area contributed by atoms with Crippen molar-refractivity contribution >= 4 is 5.82 Å². The minimum Gasteiger partial charge on any atom is -0.384 e. The van der Waals surface area contributed by atoms with Gasteiger partial charge in [0.25, 0.3) is 5.89 Å². The average molecular weight is 274 g/mol. The van der Waals surface area contributed by atoms with Gasteiger partial charge in [-0.05, 0) is 30.3 Å². The Morgan fingerprint density at radius 3 is 2.50 bits per heavy atom. The Balaban J connectivity index is 1.97. The Morgan fingerprint density at radius 2 is 1.80 bits per heavy atom. The molecule has 5 nitrogen and oxygen atoms in total. The van der Waals surface area contributed by atoms with E-state index in [9.17, 15) is 8.78 Å². The number of hydrogen-bond acceptors (Lipinski definition) is 5. The van der Waals surface area contributed by atoms with Gasteiger partial charge < -0.3 is 10.3 Å². The number of nitrogen functional groups attached to an aromatic ring is 1. The summed E-state index contributed by atoms with van der Waals surface area (Å²) in [5, 5.41) is 3.72. The lowest BCUT2D eigenvalue weighted by Crippen LogP contribution is -1.89. The molecule has 2 aromatic heterocycles. The third-order valence-corrected chi connectivity index (χ3v) is 2.64. The Bertz CT molecular complexity index is 755. The van der Waals surface area contributed by atoms with Gasteiger partial charge in [0.15, 0.2) is 11.6 Å². The number of aromatic nitrogens is 3. The van der Waals surface area contributed by atoms with Gasteiger partial charge in [-0.1, -0.05) is 5.16 Å². The maximum Gasteiger partial charge on any atom is 0.259 e. The summed E-state index contributed by atoms with van der Waals surface area (Å²) in [5.41, 5.74) is 6.38. The van der Waals surface area contributed by atoms with E-state index in [-0.39, 0.29) is 11.7 Å². The van der Waals surface area contributed by atoms with Crippen LogP contribution in [0.3, 0.4) is 0 Å². The van der Waals surface area contributed by atoms with E-state index < -0.39 is 11.6 Å². The van der Waals surface area contributed by atoms with E-state index in [2.05, 4.69) is 15.1 Å². The van der Waals surface area contributed by atoms with Gasteiger partial charge in [0.1, 0.15) is 5.82 Å². The zero-order chi connectivity index (χ0) is 14.1. The van der Waals surface area contributed by atoms with Gasteiger partial charge in [-0.3, -0.25) is 0 Å². The Hall–Kier alpha value is -2.83. The first kappa shape index (κ1) is 12.2. The SMILES string of the molecule is Nc1ccc(-c2nc(-c3ccc(F)c(F)c3)no2)cn1. The molecule has 3 aromatic rings. The van der Waals surface area contributed by atoms with E-state index in [1.807, 2.05) is 0 Å². The molecule has 0 bridgehead atoms. The van der Waals surface area contributed by atoms with Crippen LogP contribution < -0.4 is 5.73 Å². The summed E-state index contributed by atoms with van der Waals surface area (Å²) in [6.45, 7) is 0. The number of hydrogen-bond donors (Lipinski definition) is 1. The average Bonchev–Trinajstić information content (AvgIpc) is 2.92. The molecule has 2 heterocycles. The van der Waals surface area contributed by atoms with Crippen LogP contribution in [0.4, 0.5) is 14.6 Å². The Kier molecular flexibility index (Phi) is 2.86. The maximum absolute atomic E-state index is 13.2. The summed E-state index contributed by atoms with van der Waals surface area (Å²) in [6, 6.07) is 6.65. The molecular weight excluding hydrogens is 266 g/mol. The highest BCUT2D eigenvalue weighted by atomic mass is 19.2. The second-order valence-corrected chi connectivity index (χ2v) is 4.02. The van der Waals surface area contributed by atoms with Crippen LogP contribution in [0, 0.1) is 11.6 Å². The van der Waals surface area contributed by atoms with Crippen molar-refractivity contribution in [1.29, 1.82) is 0 Å². The molecule has 100 valence electrons. The fraction of sp³-hybridized carbons (Fsp3) is 0. The lowest BCUT2D eigenvalue weighted by molar-refractivity contribution is 0.432. The number of nitrogens with two attached hydrogens (primary N) is 1. The third-order valence-electron chi connectivity index (χ3n) is 2.64. The molecule has 0 fully saturated rings. The quantitative estimate of drug-likeness (QED) is 0.777. The number of nitrogens with zero attached hydrogens (tertiary/aromatic N) is 3. The number of pyridine rings is 1. The molecular formula is C13H8F2N4O. The molecule has 0 radical (unpaired) electrons. The molecule has 0 amide bonds. The lowest BCUT2D eigenvalue weighted by Gasteiger charge is -1.95. The number of benzene rings is 1. The van der Waals surface area contributed by atoms with Gasteiger partial charge in [0.2, 0.25) is 5.82 Å². The molecule has 0 aliphatic heterocycles. The second kappa shape index (κ2) is 4.69. The predicted molar refractivity (Wildman–Crippen MR) is 67.3 cm³/mol. The molecule has 0 saturated carbocycles. The van der Waals surface area contributed by atoms with Gasteiger partial charge in [-0.15, -0.1) is 0 Å². The standard InChI is InChI=1S/C13H8F2N4O/c14-9-3-1-7(5-10(9)15)12-18-13(20-19-12)8-2-4-11(16)17-6-8/h1-6H,(H2,16,17). The predicted octanol–water partition coefficient (Wildman–Crippen LogP) is 2.66. The summed E-state index contributed by atoms with van der Waals surface area (Å²) in [4.78, 5) is 8.01. The molecule has 0 atom stereocenters. The normalized spacial score (nSPS) is 10.7. The van der Waals surface area contributed by atoms with E-state index in [4.69, 9.17) is 10.3 Å². The van der Waals surface area contributed by atoms with Crippen molar-refractivity contribution in [1.82, 2.24) is 15.1 Å². The molecule has 7 heteroatoms. The monoisotopic (exact) mass is 274 g/mol. The van der Waals surface area contributed by atoms with Crippen molar-refractivity contribution in [3.63, 3.8) is 0 Å². The van der Waals surface area contributed by atoms with Gasteiger partial charge in [0.05, 0.1) is 5.56 Å². The van der Waals surface area contributed by atoms with Crippen LogP contribution in [0.1, 0.15) is 0 Å². The van der Waals surface area contributed by atoms with Crippen LogP contribution in [0.2, 0.25) is 0 Å². The smallest absolute Gasteiger partial charge is 0.259 e. The highest BCUT2D eigenvalue weighted by molar-refractivity contribution is 5.59. The molecule has 3 rings (SSSR count). The summed E-state index contributed by atoms with van der Waals surface area (Å²) >= 11 is 0. The van der Waals surface area contributed by atoms with Crippen molar-refractivity contribution in [2.24, 2.45) is 0 Å². The zero-order valence-corrected chi connectivity index (χ0v) is 10.0.